The number of aryl methyl sites for hydroxylation is 2. The Balaban J connectivity index is 1.47. The Kier molecular flexibility index (Phi) is 5.56. The summed E-state index contributed by atoms with van der Waals surface area (Å²) in [7, 11) is 0. The van der Waals surface area contributed by atoms with Crippen LogP contribution in [0, 0.1) is 6.92 Å². The lowest BCUT2D eigenvalue weighted by molar-refractivity contribution is -0.132. The highest BCUT2D eigenvalue weighted by atomic mass is 16.4. The van der Waals surface area contributed by atoms with E-state index in [2.05, 4.69) is 65.3 Å². The second-order valence-corrected chi connectivity index (χ2v) is 7.79. The molecule has 0 aromatic heterocycles. The molecule has 1 atom stereocenters. The van der Waals surface area contributed by atoms with Crippen LogP contribution in [-0.2, 0) is 11.2 Å². The number of aliphatic carboxylic acids is 1. The number of fused-ring (bicyclic) bond motifs is 1. The van der Waals surface area contributed by atoms with Crippen LogP contribution in [-0.4, -0.2) is 24.2 Å². The van der Waals surface area contributed by atoms with E-state index in [-0.39, 0.29) is 0 Å². The SMILES string of the molecule is Cc1ccc(Nc2ccc3c(c2)CCC[C@H]3CNC2=C(C(=O)O)C=CNC2)cc1. The average Bonchev–Trinajstić information content (AvgIpc) is 2.74. The number of rotatable bonds is 6. The Hall–Kier alpha value is -3.21. The average molecular weight is 389 g/mol. The lowest BCUT2D eigenvalue weighted by Crippen LogP contribution is -2.32. The van der Waals surface area contributed by atoms with E-state index in [1.165, 1.54) is 16.7 Å². The zero-order valence-corrected chi connectivity index (χ0v) is 16.7. The number of dihydropyridines is 1. The molecule has 0 spiro atoms. The fraction of sp³-hybridized carbons (Fsp3) is 0.292. The summed E-state index contributed by atoms with van der Waals surface area (Å²) in [6, 6.07) is 15.0. The zero-order chi connectivity index (χ0) is 20.2. The zero-order valence-electron chi connectivity index (χ0n) is 16.7. The molecule has 0 fully saturated rings. The fourth-order valence-corrected chi connectivity index (χ4v) is 4.11. The molecule has 0 saturated heterocycles. The van der Waals surface area contributed by atoms with Crippen molar-refractivity contribution in [2.24, 2.45) is 0 Å². The van der Waals surface area contributed by atoms with Crippen LogP contribution < -0.4 is 16.0 Å². The number of nitrogens with one attached hydrogen (secondary N) is 3. The smallest absolute Gasteiger partial charge is 0.337 e. The Morgan fingerprint density at radius 2 is 1.97 bits per heavy atom. The molecule has 1 aliphatic heterocycles. The molecular formula is C24H27N3O2. The monoisotopic (exact) mass is 389 g/mol. The number of hydrogen-bond acceptors (Lipinski definition) is 4. The van der Waals surface area contributed by atoms with Crippen LogP contribution >= 0.6 is 0 Å². The summed E-state index contributed by atoms with van der Waals surface area (Å²) in [5, 5.41) is 19.4. The van der Waals surface area contributed by atoms with Crippen LogP contribution in [0.15, 0.2) is 66.0 Å². The highest BCUT2D eigenvalue weighted by Gasteiger charge is 2.22. The predicted octanol–water partition coefficient (Wildman–Crippen LogP) is 4.20. The molecule has 2 aliphatic rings. The summed E-state index contributed by atoms with van der Waals surface area (Å²) in [5.74, 6) is -0.498. The summed E-state index contributed by atoms with van der Waals surface area (Å²) >= 11 is 0. The Bertz CT molecular complexity index is 961. The van der Waals surface area contributed by atoms with E-state index in [1.54, 1.807) is 12.3 Å². The van der Waals surface area contributed by atoms with Crippen LogP contribution in [0.4, 0.5) is 11.4 Å². The molecule has 5 heteroatoms. The van der Waals surface area contributed by atoms with Gasteiger partial charge in [-0.1, -0.05) is 23.8 Å². The minimum Gasteiger partial charge on any atom is -0.478 e. The van der Waals surface area contributed by atoms with Gasteiger partial charge < -0.3 is 21.1 Å². The van der Waals surface area contributed by atoms with Crippen molar-refractivity contribution in [2.45, 2.75) is 32.1 Å². The fourth-order valence-electron chi connectivity index (χ4n) is 4.11. The van der Waals surface area contributed by atoms with Gasteiger partial charge in [0.1, 0.15) is 0 Å². The summed E-state index contributed by atoms with van der Waals surface area (Å²) in [4.78, 5) is 11.4. The van der Waals surface area contributed by atoms with Gasteiger partial charge in [0.15, 0.2) is 0 Å². The number of carbonyl (C=O) groups is 1. The van der Waals surface area contributed by atoms with Gasteiger partial charge >= 0.3 is 5.97 Å². The van der Waals surface area contributed by atoms with Crippen molar-refractivity contribution in [3.8, 4) is 0 Å². The van der Waals surface area contributed by atoms with Crippen molar-refractivity contribution in [3.05, 3.63) is 82.7 Å². The van der Waals surface area contributed by atoms with Crippen LogP contribution in [0.5, 0.6) is 0 Å². The van der Waals surface area contributed by atoms with Crippen molar-refractivity contribution >= 4 is 17.3 Å². The molecule has 5 nitrogen and oxygen atoms in total. The third kappa shape index (κ3) is 4.45. The summed E-state index contributed by atoms with van der Waals surface area (Å²) in [5.41, 5.74) is 7.31. The second kappa shape index (κ2) is 8.43. The van der Waals surface area contributed by atoms with Gasteiger partial charge in [-0.3, -0.25) is 0 Å². The van der Waals surface area contributed by atoms with Gasteiger partial charge in [0.05, 0.1) is 12.1 Å². The number of hydrogen-bond donors (Lipinski definition) is 4. The van der Waals surface area contributed by atoms with Gasteiger partial charge in [0.2, 0.25) is 0 Å². The molecule has 1 aliphatic carbocycles. The van der Waals surface area contributed by atoms with Crippen molar-refractivity contribution in [2.75, 3.05) is 18.4 Å². The lowest BCUT2D eigenvalue weighted by atomic mass is 9.82. The van der Waals surface area contributed by atoms with E-state index >= 15 is 0 Å². The minimum atomic E-state index is -0.888. The number of anilines is 2. The molecule has 4 N–H and O–H groups in total. The third-order valence-corrected chi connectivity index (χ3v) is 5.69. The van der Waals surface area contributed by atoms with Gasteiger partial charge in [-0.2, -0.15) is 0 Å². The van der Waals surface area contributed by atoms with E-state index in [0.29, 0.717) is 18.0 Å². The van der Waals surface area contributed by atoms with Gasteiger partial charge in [-0.05, 0) is 73.9 Å². The second-order valence-electron chi connectivity index (χ2n) is 7.79. The van der Waals surface area contributed by atoms with Gasteiger partial charge in [0.25, 0.3) is 0 Å². The van der Waals surface area contributed by atoms with Crippen molar-refractivity contribution in [1.29, 1.82) is 0 Å². The van der Waals surface area contributed by atoms with Crippen molar-refractivity contribution in [3.63, 3.8) is 0 Å². The Labute approximate surface area is 171 Å². The molecule has 0 saturated carbocycles. The normalized spacial score (nSPS) is 18.0. The molecule has 150 valence electrons. The quantitative estimate of drug-likeness (QED) is 0.596. The Morgan fingerprint density at radius 1 is 1.17 bits per heavy atom. The summed E-state index contributed by atoms with van der Waals surface area (Å²) < 4.78 is 0. The first-order chi connectivity index (χ1) is 14.1. The lowest BCUT2D eigenvalue weighted by Gasteiger charge is -2.28. The number of carboxylic acid groups (broad SMARTS) is 1. The predicted molar refractivity (Wildman–Crippen MR) is 116 cm³/mol. The van der Waals surface area contributed by atoms with Gasteiger partial charge in [-0.25, -0.2) is 4.79 Å². The highest BCUT2D eigenvalue weighted by Crippen LogP contribution is 2.33. The summed E-state index contributed by atoms with van der Waals surface area (Å²) in [6.45, 7) is 3.36. The topological polar surface area (TPSA) is 73.4 Å². The standard InChI is InChI=1S/C24H27N3O2/c1-16-5-7-19(8-6-16)27-20-9-10-21-17(13-20)3-2-4-18(21)14-26-23-15-25-12-11-22(23)24(28)29/h5-13,18,25-27H,2-4,14-15H2,1H3,(H,28,29)/t18-/m0/s1. The molecule has 0 radical (unpaired) electrons. The first kappa shape index (κ1) is 19.1. The number of carboxylic acids is 1. The van der Waals surface area contributed by atoms with Crippen LogP contribution in [0.25, 0.3) is 0 Å². The van der Waals surface area contributed by atoms with Crippen molar-refractivity contribution in [1.82, 2.24) is 10.6 Å². The first-order valence-corrected chi connectivity index (χ1v) is 10.2. The van der Waals surface area contributed by atoms with E-state index < -0.39 is 5.97 Å². The van der Waals surface area contributed by atoms with Crippen LogP contribution in [0.1, 0.15) is 35.4 Å². The van der Waals surface area contributed by atoms with Gasteiger partial charge in [0, 0.05) is 29.5 Å². The maximum Gasteiger partial charge on any atom is 0.337 e. The van der Waals surface area contributed by atoms with E-state index in [1.807, 2.05) is 0 Å². The maximum atomic E-state index is 11.4. The highest BCUT2D eigenvalue weighted by molar-refractivity contribution is 5.91. The van der Waals surface area contributed by atoms with Crippen molar-refractivity contribution < 1.29 is 9.90 Å². The maximum absolute atomic E-state index is 11.4. The van der Waals surface area contributed by atoms with Crippen LogP contribution in [0.3, 0.4) is 0 Å². The summed E-state index contributed by atoms with van der Waals surface area (Å²) in [6.07, 6.45) is 6.65. The molecule has 29 heavy (non-hydrogen) atoms. The Morgan fingerprint density at radius 3 is 2.76 bits per heavy atom. The molecule has 2 aromatic rings. The minimum absolute atomic E-state index is 0.345. The van der Waals surface area contributed by atoms with E-state index in [9.17, 15) is 9.90 Å². The first-order valence-electron chi connectivity index (χ1n) is 10.2. The van der Waals surface area contributed by atoms with Gasteiger partial charge in [-0.15, -0.1) is 0 Å². The molecule has 0 unspecified atom stereocenters. The largest absolute Gasteiger partial charge is 0.478 e. The van der Waals surface area contributed by atoms with E-state index in [4.69, 9.17) is 0 Å². The number of benzene rings is 2. The van der Waals surface area contributed by atoms with E-state index in [0.717, 1.165) is 42.9 Å². The third-order valence-electron chi connectivity index (χ3n) is 5.69. The molecule has 0 bridgehead atoms. The molecular weight excluding hydrogens is 362 g/mol. The molecule has 1 heterocycles. The molecule has 4 rings (SSSR count). The van der Waals surface area contributed by atoms with Crippen LogP contribution in [0.2, 0.25) is 0 Å². The molecule has 2 aromatic carbocycles. The molecule has 0 amide bonds.